The molecule has 1 rings (SSSR count). The Kier molecular flexibility index (Phi) is 6.90. The third kappa shape index (κ3) is 6.77. The van der Waals surface area contributed by atoms with Crippen LogP contribution in [0.25, 0.3) is 0 Å². The molecule has 19 heavy (non-hydrogen) atoms. The van der Waals surface area contributed by atoms with E-state index >= 15 is 0 Å². The van der Waals surface area contributed by atoms with E-state index in [2.05, 4.69) is 17.4 Å². The van der Waals surface area contributed by atoms with Crippen LogP contribution in [0.1, 0.15) is 38.9 Å². The van der Waals surface area contributed by atoms with Crippen LogP contribution in [-0.4, -0.2) is 19.1 Å². The standard InChI is InChI=1S/C16H23NO2/c1-13(2)12-16(18)17-10-7-11-19-14(3)15-8-5-4-6-9-15/h4-6,8-9,12,14H,7,10-11H2,1-3H3,(H,17,18). The van der Waals surface area contributed by atoms with Crippen molar-refractivity contribution in [3.8, 4) is 0 Å². The molecule has 0 aliphatic heterocycles. The van der Waals surface area contributed by atoms with Crippen LogP contribution in [0.5, 0.6) is 0 Å². The zero-order valence-corrected chi connectivity index (χ0v) is 12.0. The fourth-order valence-electron chi connectivity index (χ4n) is 1.68. The lowest BCUT2D eigenvalue weighted by Gasteiger charge is -2.13. The molecule has 3 heteroatoms. The number of hydrogen-bond donors (Lipinski definition) is 1. The first-order valence-electron chi connectivity index (χ1n) is 6.69. The van der Waals surface area contributed by atoms with Crippen LogP contribution in [0.2, 0.25) is 0 Å². The lowest BCUT2D eigenvalue weighted by Crippen LogP contribution is -2.23. The van der Waals surface area contributed by atoms with Gasteiger partial charge in [-0.25, -0.2) is 0 Å². The van der Waals surface area contributed by atoms with Gasteiger partial charge < -0.3 is 10.1 Å². The van der Waals surface area contributed by atoms with Gasteiger partial charge in [0.25, 0.3) is 0 Å². The molecule has 0 saturated carbocycles. The minimum absolute atomic E-state index is 0.0314. The van der Waals surface area contributed by atoms with Gasteiger partial charge in [-0.2, -0.15) is 0 Å². The van der Waals surface area contributed by atoms with Crippen LogP contribution >= 0.6 is 0 Å². The molecule has 0 radical (unpaired) electrons. The quantitative estimate of drug-likeness (QED) is 0.604. The third-order valence-electron chi connectivity index (χ3n) is 2.68. The lowest BCUT2D eigenvalue weighted by molar-refractivity contribution is -0.116. The maximum atomic E-state index is 11.3. The van der Waals surface area contributed by atoms with Crippen LogP contribution in [0.15, 0.2) is 42.0 Å². The van der Waals surface area contributed by atoms with Crippen molar-refractivity contribution in [2.75, 3.05) is 13.2 Å². The number of benzene rings is 1. The highest BCUT2D eigenvalue weighted by Gasteiger charge is 2.04. The molecule has 0 heterocycles. The second kappa shape index (κ2) is 8.48. The minimum atomic E-state index is -0.0314. The lowest BCUT2D eigenvalue weighted by atomic mass is 10.1. The zero-order valence-electron chi connectivity index (χ0n) is 12.0. The normalized spacial score (nSPS) is 11.7. The Morgan fingerprint density at radius 2 is 2.00 bits per heavy atom. The molecule has 0 bridgehead atoms. The highest BCUT2D eigenvalue weighted by Crippen LogP contribution is 2.15. The van der Waals surface area contributed by atoms with Gasteiger partial charge in [-0.15, -0.1) is 0 Å². The van der Waals surface area contributed by atoms with Crippen molar-refractivity contribution >= 4 is 5.91 Å². The van der Waals surface area contributed by atoms with Crippen molar-refractivity contribution < 1.29 is 9.53 Å². The van der Waals surface area contributed by atoms with E-state index in [1.54, 1.807) is 6.08 Å². The van der Waals surface area contributed by atoms with Gasteiger partial charge in [0, 0.05) is 19.2 Å². The van der Waals surface area contributed by atoms with Crippen LogP contribution < -0.4 is 5.32 Å². The van der Waals surface area contributed by atoms with E-state index in [0.29, 0.717) is 13.2 Å². The topological polar surface area (TPSA) is 38.3 Å². The molecule has 0 fully saturated rings. The molecule has 1 aromatic carbocycles. The average Bonchev–Trinajstić information content (AvgIpc) is 2.38. The number of hydrogen-bond acceptors (Lipinski definition) is 2. The van der Waals surface area contributed by atoms with Gasteiger partial charge in [-0.05, 0) is 32.8 Å². The smallest absolute Gasteiger partial charge is 0.243 e. The van der Waals surface area contributed by atoms with E-state index in [1.807, 2.05) is 39.0 Å². The molecule has 1 aromatic rings. The van der Waals surface area contributed by atoms with Crippen LogP contribution in [0, 0.1) is 0 Å². The fraction of sp³-hybridized carbons (Fsp3) is 0.438. The van der Waals surface area contributed by atoms with E-state index < -0.39 is 0 Å². The van der Waals surface area contributed by atoms with E-state index in [9.17, 15) is 4.79 Å². The maximum Gasteiger partial charge on any atom is 0.243 e. The summed E-state index contributed by atoms with van der Waals surface area (Å²) < 4.78 is 5.72. The highest BCUT2D eigenvalue weighted by molar-refractivity contribution is 5.87. The largest absolute Gasteiger partial charge is 0.374 e. The van der Waals surface area contributed by atoms with Gasteiger partial charge in [0.1, 0.15) is 0 Å². The summed E-state index contributed by atoms with van der Waals surface area (Å²) >= 11 is 0. The summed E-state index contributed by atoms with van der Waals surface area (Å²) in [6.45, 7) is 7.14. The van der Waals surface area contributed by atoms with Gasteiger partial charge in [-0.1, -0.05) is 35.9 Å². The van der Waals surface area contributed by atoms with Crippen LogP contribution in [-0.2, 0) is 9.53 Å². The Bertz CT molecular complexity index is 408. The number of rotatable bonds is 7. The molecular formula is C16H23NO2. The van der Waals surface area contributed by atoms with E-state index in [4.69, 9.17) is 4.74 Å². The maximum absolute atomic E-state index is 11.3. The second-order valence-electron chi connectivity index (χ2n) is 4.79. The molecule has 1 unspecified atom stereocenters. The van der Waals surface area contributed by atoms with Crippen molar-refractivity contribution in [2.24, 2.45) is 0 Å². The fourth-order valence-corrected chi connectivity index (χ4v) is 1.68. The van der Waals surface area contributed by atoms with Gasteiger partial charge in [0.2, 0.25) is 5.91 Å². The van der Waals surface area contributed by atoms with Crippen LogP contribution in [0.4, 0.5) is 0 Å². The predicted octanol–water partition coefficient (Wildman–Crippen LogP) is 3.24. The number of carbonyl (C=O) groups excluding carboxylic acids is 1. The predicted molar refractivity (Wildman–Crippen MR) is 77.9 cm³/mol. The second-order valence-corrected chi connectivity index (χ2v) is 4.79. The molecule has 0 aliphatic rings. The first-order chi connectivity index (χ1) is 9.09. The SMILES string of the molecule is CC(C)=CC(=O)NCCCOC(C)c1ccccc1. The molecule has 1 N–H and O–H groups in total. The summed E-state index contributed by atoms with van der Waals surface area (Å²) in [5.74, 6) is -0.0314. The summed E-state index contributed by atoms with van der Waals surface area (Å²) in [6.07, 6.45) is 2.52. The van der Waals surface area contributed by atoms with E-state index in [-0.39, 0.29) is 12.0 Å². The Morgan fingerprint density at radius 1 is 1.32 bits per heavy atom. The number of nitrogens with one attached hydrogen (secondary N) is 1. The molecule has 104 valence electrons. The molecule has 0 aromatic heterocycles. The van der Waals surface area contributed by atoms with Crippen molar-refractivity contribution in [2.45, 2.75) is 33.3 Å². The van der Waals surface area contributed by atoms with Gasteiger partial charge >= 0.3 is 0 Å². The minimum Gasteiger partial charge on any atom is -0.374 e. The number of carbonyl (C=O) groups is 1. The molecule has 0 aliphatic carbocycles. The molecule has 1 amide bonds. The van der Waals surface area contributed by atoms with Crippen molar-refractivity contribution in [3.63, 3.8) is 0 Å². The van der Waals surface area contributed by atoms with E-state index in [1.165, 1.54) is 5.56 Å². The summed E-state index contributed by atoms with van der Waals surface area (Å²) in [4.78, 5) is 11.3. The zero-order chi connectivity index (χ0) is 14.1. The first-order valence-corrected chi connectivity index (χ1v) is 6.69. The van der Waals surface area contributed by atoms with Crippen molar-refractivity contribution in [3.05, 3.63) is 47.5 Å². The Morgan fingerprint density at radius 3 is 2.63 bits per heavy atom. The monoisotopic (exact) mass is 261 g/mol. The highest BCUT2D eigenvalue weighted by atomic mass is 16.5. The molecular weight excluding hydrogens is 238 g/mol. The molecule has 3 nitrogen and oxygen atoms in total. The molecule has 1 atom stereocenters. The summed E-state index contributed by atoms with van der Waals surface area (Å²) in [5, 5.41) is 2.83. The van der Waals surface area contributed by atoms with Gasteiger partial charge in [0.15, 0.2) is 0 Å². The van der Waals surface area contributed by atoms with Crippen molar-refractivity contribution in [1.29, 1.82) is 0 Å². The number of allylic oxidation sites excluding steroid dienone is 1. The van der Waals surface area contributed by atoms with E-state index in [0.717, 1.165) is 12.0 Å². The number of ether oxygens (including phenoxy) is 1. The molecule has 0 saturated heterocycles. The molecule has 0 spiro atoms. The first kappa shape index (κ1) is 15.4. The average molecular weight is 261 g/mol. The van der Waals surface area contributed by atoms with Gasteiger partial charge in [0.05, 0.1) is 6.10 Å². The Balaban J connectivity index is 2.15. The number of amides is 1. The van der Waals surface area contributed by atoms with Gasteiger partial charge in [-0.3, -0.25) is 4.79 Å². The summed E-state index contributed by atoms with van der Waals surface area (Å²) in [5.41, 5.74) is 2.18. The third-order valence-corrected chi connectivity index (χ3v) is 2.68. The Labute approximate surface area is 115 Å². The Hall–Kier alpha value is -1.61. The summed E-state index contributed by atoms with van der Waals surface area (Å²) in [7, 11) is 0. The summed E-state index contributed by atoms with van der Waals surface area (Å²) in [6, 6.07) is 10.1. The van der Waals surface area contributed by atoms with Crippen molar-refractivity contribution in [1.82, 2.24) is 5.32 Å². The van der Waals surface area contributed by atoms with Crippen LogP contribution in [0.3, 0.4) is 0 Å².